The fraction of sp³-hybridized carbons (Fsp3) is 0.222. The van der Waals surface area contributed by atoms with Crippen molar-refractivity contribution >= 4 is 12.0 Å². The van der Waals surface area contributed by atoms with Crippen LogP contribution in [-0.4, -0.2) is 40.8 Å². The third-order valence-electron chi connectivity index (χ3n) is 7.76. The van der Waals surface area contributed by atoms with Crippen LogP contribution < -0.4 is 4.74 Å². The standard InChI is InChI=1S/C36H35FN4O3/c1-43-34-6-4-3-5-29(34)20-19-28-21-22-33(37)24-32(28)18-13-26(8-7-25-9-16-31(17-10-25)36(42)44-2)23-27-11-14-30(15-12-27)35-38-40-41-39-35/h3-6,9-18,21-22,24,26H,7-8,19-20,23H2,1-2H3,(H,38,39,40,41). The Morgan fingerprint density at radius 2 is 1.64 bits per heavy atom. The van der Waals surface area contributed by atoms with Crippen molar-refractivity contribution in [2.45, 2.75) is 32.1 Å². The average molecular weight is 591 g/mol. The van der Waals surface area contributed by atoms with Gasteiger partial charge in [0.25, 0.3) is 0 Å². The van der Waals surface area contributed by atoms with Gasteiger partial charge in [0.2, 0.25) is 0 Å². The summed E-state index contributed by atoms with van der Waals surface area (Å²) in [6.45, 7) is 0. The lowest BCUT2D eigenvalue weighted by molar-refractivity contribution is 0.0600. The molecule has 0 amide bonds. The Labute approximate surface area is 256 Å². The molecule has 0 aliphatic rings. The number of esters is 1. The fourth-order valence-corrected chi connectivity index (χ4v) is 5.29. The number of hydrogen-bond donors (Lipinski definition) is 1. The number of tetrazole rings is 1. The number of methoxy groups -OCH3 is 2. The van der Waals surface area contributed by atoms with E-state index >= 15 is 0 Å². The molecule has 5 aromatic rings. The molecule has 1 aromatic heterocycles. The largest absolute Gasteiger partial charge is 0.496 e. The molecule has 0 aliphatic heterocycles. The lowest BCUT2D eigenvalue weighted by Crippen LogP contribution is -2.05. The minimum atomic E-state index is -0.349. The first-order valence-corrected chi connectivity index (χ1v) is 14.6. The number of hydrogen-bond acceptors (Lipinski definition) is 6. The lowest BCUT2D eigenvalue weighted by Gasteiger charge is -2.15. The molecular weight excluding hydrogens is 555 g/mol. The molecule has 0 aliphatic carbocycles. The normalized spacial score (nSPS) is 11.9. The molecule has 1 N–H and O–H groups in total. The van der Waals surface area contributed by atoms with E-state index in [1.54, 1.807) is 25.3 Å². The monoisotopic (exact) mass is 590 g/mol. The first-order chi connectivity index (χ1) is 21.5. The summed E-state index contributed by atoms with van der Waals surface area (Å²) in [5.41, 5.74) is 6.82. The number of rotatable bonds is 13. The summed E-state index contributed by atoms with van der Waals surface area (Å²) in [5, 5.41) is 14.1. The number of aromatic nitrogens is 4. The lowest BCUT2D eigenvalue weighted by atomic mass is 9.90. The van der Waals surface area contributed by atoms with Gasteiger partial charge in [-0.15, -0.1) is 5.10 Å². The molecule has 8 heteroatoms. The number of carbonyl (C=O) groups is 1. The number of H-pyrrole nitrogens is 1. The van der Waals surface area contributed by atoms with Crippen molar-refractivity contribution in [1.29, 1.82) is 0 Å². The van der Waals surface area contributed by atoms with E-state index in [9.17, 15) is 9.18 Å². The minimum Gasteiger partial charge on any atom is -0.496 e. The van der Waals surface area contributed by atoms with E-state index in [1.165, 1.54) is 18.7 Å². The van der Waals surface area contributed by atoms with Crippen molar-refractivity contribution in [1.82, 2.24) is 20.6 Å². The molecule has 0 saturated carbocycles. The van der Waals surface area contributed by atoms with Gasteiger partial charge >= 0.3 is 5.97 Å². The highest BCUT2D eigenvalue weighted by molar-refractivity contribution is 5.89. The van der Waals surface area contributed by atoms with Gasteiger partial charge in [-0.3, -0.25) is 0 Å². The summed E-state index contributed by atoms with van der Waals surface area (Å²) in [6, 6.07) is 28.7. The summed E-state index contributed by atoms with van der Waals surface area (Å²) in [7, 11) is 3.06. The van der Waals surface area contributed by atoms with Gasteiger partial charge in [0.15, 0.2) is 5.82 Å². The van der Waals surface area contributed by atoms with Crippen LogP contribution in [0.3, 0.4) is 0 Å². The number of nitrogens with one attached hydrogen (secondary N) is 1. The number of carbonyl (C=O) groups excluding carboxylic acids is 1. The second kappa shape index (κ2) is 14.9. The highest BCUT2D eigenvalue weighted by Gasteiger charge is 2.12. The molecule has 44 heavy (non-hydrogen) atoms. The number of para-hydroxylation sites is 1. The van der Waals surface area contributed by atoms with E-state index in [0.717, 1.165) is 65.7 Å². The maximum absolute atomic E-state index is 14.4. The number of benzene rings is 4. The predicted octanol–water partition coefficient (Wildman–Crippen LogP) is 7.09. The van der Waals surface area contributed by atoms with Crippen molar-refractivity contribution in [2.24, 2.45) is 5.92 Å². The molecule has 0 fully saturated rings. The molecule has 1 atom stereocenters. The second-order valence-electron chi connectivity index (χ2n) is 10.7. The number of aromatic amines is 1. The van der Waals surface area contributed by atoms with E-state index in [0.29, 0.717) is 11.4 Å². The van der Waals surface area contributed by atoms with Crippen LogP contribution in [0.4, 0.5) is 4.39 Å². The van der Waals surface area contributed by atoms with Gasteiger partial charge in [-0.1, -0.05) is 72.8 Å². The molecule has 4 aromatic carbocycles. The maximum Gasteiger partial charge on any atom is 0.337 e. The quantitative estimate of drug-likeness (QED) is 0.147. The highest BCUT2D eigenvalue weighted by atomic mass is 19.1. The Hall–Kier alpha value is -5.11. The predicted molar refractivity (Wildman–Crippen MR) is 169 cm³/mol. The van der Waals surface area contributed by atoms with Crippen molar-refractivity contribution in [2.75, 3.05) is 14.2 Å². The zero-order chi connectivity index (χ0) is 30.7. The molecule has 1 unspecified atom stereocenters. The van der Waals surface area contributed by atoms with Crippen molar-refractivity contribution in [3.63, 3.8) is 0 Å². The van der Waals surface area contributed by atoms with Crippen LogP contribution in [-0.2, 0) is 30.4 Å². The van der Waals surface area contributed by atoms with Gasteiger partial charge in [-0.05, 0) is 107 Å². The molecule has 0 bridgehead atoms. The number of allylic oxidation sites excluding steroid dienone is 1. The minimum absolute atomic E-state index is 0.179. The second-order valence-corrected chi connectivity index (χ2v) is 10.7. The topological polar surface area (TPSA) is 90.0 Å². The van der Waals surface area contributed by atoms with Crippen molar-refractivity contribution < 1.29 is 18.7 Å². The fourth-order valence-electron chi connectivity index (χ4n) is 5.29. The SMILES string of the molecule is COC(=O)c1ccc(CCC(C=Cc2cc(F)ccc2CCc2ccccc2OC)Cc2ccc(-c3nnn[nH]3)cc2)cc1. The maximum atomic E-state index is 14.4. The highest BCUT2D eigenvalue weighted by Crippen LogP contribution is 2.25. The summed E-state index contributed by atoms with van der Waals surface area (Å²) in [4.78, 5) is 11.8. The summed E-state index contributed by atoms with van der Waals surface area (Å²) in [5.74, 6) is 1.05. The van der Waals surface area contributed by atoms with E-state index in [2.05, 4.69) is 51.0 Å². The zero-order valence-corrected chi connectivity index (χ0v) is 24.9. The molecule has 1 heterocycles. The average Bonchev–Trinajstić information content (AvgIpc) is 3.61. The molecule has 224 valence electrons. The van der Waals surface area contributed by atoms with Gasteiger partial charge in [-0.25, -0.2) is 14.3 Å². The zero-order valence-electron chi connectivity index (χ0n) is 24.9. The summed E-state index contributed by atoms with van der Waals surface area (Å²) < 4.78 is 24.8. The van der Waals surface area contributed by atoms with Crippen LogP contribution in [0.15, 0.2) is 97.1 Å². The Morgan fingerprint density at radius 3 is 2.36 bits per heavy atom. The van der Waals surface area contributed by atoms with Crippen LogP contribution in [0.1, 0.15) is 44.6 Å². The van der Waals surface area contributed by atoms with E-state index < -0.39 is 0 Å². The van der Waals surface area contributed by atoms with Crippen LogP contribution in [0, 0.1) is 11.7 Å². The Bertz CT molecular complexity index is 1680. The van der Waals surface area contributed by atoms with Crippen LogP contribution in [0.2, 0.25) is 0 Å². The van der Waals surface area contributed by atoms with Gasteiger partial charge in [-0.2, -0.15) is 0 Å². The van der Waals surface area contributed by atoms with E-state index in [4.69, 9.17) is 9.47 Å². The number of halogens is 1. The third kappa shape index (κ3) is 8.04. The number of aryl methyl sites for hydroxylation is 3. The smallest absolute Gasteiger partial charge is 0.337 e. The summed E-state index contributed by atoms with van der Waals surface area (Å²) >= 11 is 0. The molecule has 7 nitrogen and oxygen atoms in total. The first-order valence-electron chi connectivity index (χ1n) is 14.6. The van der Waals surface area contributed by atoms with E-state index in [-0.39, 0.29) is 17.7 Å². The Kier molecular flexibility index (Phi) is 10.3. The molecule has 0 spiro atoms. The Balaban J connectivity index is 1.35. The number of nitrogens with zero attached hydrogens (tertiary/aromatic N) is 3. The van der Waals surface area contributed by atoms with Crippen LogP contribution in [0.5, 0.6) is 5.75 Å². The number of ether oxygens (including phenoxy) is 2. The van der Waals surface area contributed by atoms with Gasteiger partial charge in [0.1, 0.15) is 11.6 Å². The van der Waals surface area contributed by atoms with Gasteiger partial charge < -0.3 is 9.47 Å². The third-order valence-corrected chi connectivity index (χ3v) is 7.76. The Morgan fingerprint density at radius 1 is 0.886 bits per heavy atom. The van der Waals surface area contributed by atoms with Gasteiger partial charge in [0.05, 0.1) is 19.8 Å². The first kappa shape index (κ1) is 30.4. The van der Waals surface area contributed by atoms with Crippen LogP contribution in [0.25, 0.3) is 17.5 Å². The molecule has 0 radical (unpaired) electrons. The molecule has 0 saturated heterocycles. The molecular formula is C36H35FN4O3. The van der Waals surface area contributed by atoms with Crippen molar-refractivity contribution in [3.05, 3.63) is 136 Å². The summed E-state index contributed by atoms with van der Waals surface area (Å²) in [6.07, 6.45) is 8.29. The van der Waals surface area contributed by atoms with Gasteiger partial charge in [0, 0.05) is 5.56 Å². The van der Waals surface area contributed by atoms with Crippen molar-refractivity contribution in [3.8, 4) is 17.1 Å². The van der Waals surface area contributed by atoms with Crippen LogP contribution >= 0.6 is 0 Å². The van der Waals surface area contributed by atoms with E-state index in [1.807, 2.05) is 48.5 Å². The molecule has 5 rings (SSSR count).